The molecule has 2 fully saturated rings. The summed E-state index contributed by atoms with van der Waals surface area (Å²) in [6.07, 6.45) is 4.92. The van der Waals surface area contributed by atoms with Gasteiger partial charge in [0, 0.05) is 34.3 Å². The van der Waals surface area contributed by atoms with Crippen LogP contribution >= 0.6 is 23.2 Å². The van der Waals surface area contributed by atoms with Crippen LogP contribution < -0.4 is 10.1 Å². The number of rotatable bonds is 6. The van der Waals surface area contributed by atoms with Gasteiger partial charge in [0.2, 0.25) is 0 Å². The van der Waals surface area contributed by atoms with Crippen molar-refractivity contribution in [1.29, 1.82) is 0 Å². The molecule has 0 bridgehead atoms. The van der Waals surface area contributed by atoms with Crippen molar-refractivity contribution in [1.82, 2.24) is 10.3 Å². The Hall–Kier alpha value is -2.30. The van der Waals surface area contributed by atoms with Crippen molar-refractivity contribution >= 4 is 40.0 Å². The van der Waals surface area contributed by atoms with Crippen LogP contribution in [0.15, 0.2) is 54.7 Å². The lowest BCUT2D eigenvalue weighted by Crippen LogP contribution is -2.37. The van der Waals surface area contributed by atoms with Crippen LogP contribution in [0.5, 0.6) is 5.75 Å². The zero-order valence-corrected chi connectivity index (χ0v) is 18.7. The Bertz CT molecular complexity index is 1110. The van der Waals surface area contributed by atoms with Crippen molar-refractivity contribution in [2.45, 2.75) is 38.3 Å². The molecule has 1 amide bonds. The van der Waals surface area contributed by atoms with Crippen molar-refractivity contribution in [3.63, 3.8) is 0 Å². The Balaban J connectivity index is 1.18. The van der Waals surface area contributed by atoms with Crippen molar-refractivity contribution in [2.24, 2.45) is 17.8 Å². The van der Waals surface area contributed by atoms with Gasteiger partial charge in [-0.25, -0.2) is 0 Å². The molecule has 0 aliphatic heterocycles. The van der Waals surface area contributed by atoms with E-state index in [1.807, 2.05) is 18.2 Å². The summed E-state index contributed by atoms with van der Waals surface area (Å²) in [5.41, 5.74) is 1.50. The molecule has 1 N–H and O–H groups in total. The van der Waals surface area contributed by atoms with Gasteiger partial charge >= 0.3 is 0 Å². The van der Waals surface area contributed by atoms with Gasteiger partial charge in [-0.05, 0) is 79.5 Å². The molecule has 2 aliphatic rings. The first-order valence-electron chi connectivity index (χ1n) is 10.8. The predicted octanol–water partition coefficient (Wildman–Crippen LogP) is 6.15. The molecule has 0 saturated heterocycles. The van der Waals surface area contributed by atoms with E-state index in [9.17, 15) is 4.79 Å². The topological polar surface area (TPSA) is 51.2 Å². The van der Waals surface area contributed by atoms with Gasteiger partial charge in [-0.1, -0.05) is 30.1 Å². The number of carbonyl (C=O) groups excluding carboxylic acids is 1. The molecule has 4 nitrogen and oxygen atoms in total. The molecule has 6 heteroatoms. The number of halogens is 2. The maximum absolute atomic E-state index is 12.6. The Morgan fingerprint density at radius 1 is 1.13 bits per heavy atom. The highest BCUT2D eigenvalue weighted by molar-refractivity contribution is 6.35. The largest absolute Gasteiger partial charge is 0.490 e. The molecule has 0 radical (unpaired) electrons. The summed E-state index contributed by atoms with van der Waals surface area (Å²) in [7, 11) is 0. The second-order valence-electron chi connectivity index (χ2n) is 8.58. The fourth-order valence-electron chi connectivity index (χ4n) is 5.22. The number of benzene rings is 2. The first kappa shape index (κ1) is 20.6. The van der Waals surface area contributed by atoms with Crippen LogP contribution in [0.3, 0.4) is 0 Å². The highest BCUT2D eigenvalue weighted by atomic mass is 35.5. The van der Waals surface area contributed by atoms with E-state index in [0.717, 1.165) is 35.9 Å². The van der Waals surface area contributed by atoms with E-state index in [-0.39, 0.29) is 18.1 Å². The molecule has 3 unspecified atom stereocenters. The van der Waals surface area contributed by atoms with Crippen LogP contribution in [0.2, 0.25) is 10.0 Å². The molecule has 3 aromatic rings. The SMILES string of the molecule is CCC(NC(=O)c1ccc(Cl)cc1)C1C2CC(Oc3ccc4c(Cl)ccnc4c3)CC21. The van der Waals surface area contributed by atoms with E-state index in [0.29, 0.717) is 33.4 Å². The summed E-state index contributed by atoms with van der Waals surface area (Å²) in [5.74, 6) is 2.59. The number of pyridine rings is 1. The average molecular weight is 455 g/mol. The van der Waals surface area contributed by atoms with Crippen molar-refractivity contribution in [3.05, 3.63) is 70.3 Å². The zero-order chi connectivity index (χ0) is 21.5. The average Bonchev–Trinajstić information content (AvgIpc) is 3.26. The second kappa shape index (κ2) is 8.33. The molecule has 2 aliphatic carbocycles. The molecule has 31 heavy (non-hydrogen) atoms. The number of amides is 1. The van der Waals surface area contributed by atoms with Crippen LogP contribution in [-0.4, -0.2) is 23.0 Å². The first-order chi connectivity index (χ1) is 15.0. The molecular weight excluding hydrogens is 431 g/mol. The summed E-state index contributed by atoms with van der Waals surface area (Å²) in [4.78, 5) is 17.0. The van der Waals surface area contributed by atoms with Gasteiger partial charge in [0.1, 0.15) is 5.75 Å². The third kappa shape index (κ3) is 4.11. The van der Waals surface area contributed by atoms with Crippen LogP contribution in [0.4, 0.5) is 0 Å². The van der Waals surface area contributed by atoms with Gasteiger partial charge in [-0.15, -0.1) is 0 Å². The maximum Gasteiger partial charge on any atom is 0.251 e. The number of fused-ring (bicyclic) bond motifs is 2. The summed E-state index contributed by atoms with van der Waals surface area (Å²) < 4.78 is 6.26. The first-order valence-corrected chi connectivity index (χ1v) is 11.6. The Morgan fingerprint density at radius 3 is 2.58 bits per heavy atom. The fraction of sp³-hybridized carbons (Fsp3) is 0.360. The van der Waals surface area contributed by atoms with E-state index in [1.54, 1.807) is 36.5 Å². The molecule has 3 atom stereocenters. The minimum absolute atomic E-state index is 0.0244. The smallest absolute Gasteiger partial charge is 0.251 e. The van der Waals surface area contributed by atoms with E-state index < -0.39 is 0 Å². The highest BCUT2D eigenvalue weighted by Crippen LogP contribution is 2.60. The van der Waals surface area contributed by atoms with E-state index in [2.05, 4.69) is 17.2 Å². The summed E-state index contributed by atoms with van der Waals surface area (Å²) >= 11 is 12.2. The molecular formula is C25H24Cl2N2O2. The molecule has 1 aromatic heterocycles. The standard InChI is InChI=1S/C25H24Cl2N2O2/c1-2-22(29-25(30)14-3-5-15(26)6-4-14)24-19-11-17(12-20(19)24)31-16-7-8-18-21(27)9-10-28-23(18)13-16/h3-10,13,17,19-20,22,24H,2,11-12H2,1H3,(H,29,30). The monoisotopic (exact) mass is 454 g/mol. The molecule has 160 valence electrons. The van der Waals surface area contributed by atoms with Gasteiger partial charge < -0.3 is 10.1 Å². The lowest BCUT2D eigenvalue weighted by molar-refractivity contribution is 0.0924. The molecule has 2 saturated carbocycles. The van der Waals surface area contributed by atoms with Gasteiger partial charge in [-0.2, -0.15) is 0 Å². The minimum Gasteiger partial charge on any atom is -0.490 e. The maximum atomic E-state index is 12.6. The number of hydrogen-bond donors (Lipinski definition) is 1. The zero-order valence-electron chi connectivity index (χ0n) is 17.2. The number of nitrogens with one attached hydrogen (secondary N) is 1. The summed E-state index contributed by atoms with van der Waals surface area (Å²) in [6.45, 7) is 2.14. The molecule has 1 heterocycles. The van der Waals surface area contributed by atoms with Crippen molar-refractivity contribution in [2.75, 3.05) is 0 Å². The Morgan fingerprint density at radius 2 is 1.87 bits per heavy atom. The number of aromatic nitrogens is 1. The van der Waals surface area contributed by atoms with E-state index in [4.69, 9.17) is 27.9 Å². The Labute approximate surface area is 191 Å². The van der Waals surface area contributed by atoms with Gasteiger partial charge in [0.25, 0.3) is 5.91 Å². The normalized spacial score (nSPS) is 25.1. The lowest BCUT2D eigenvalue weighted by atomic mass is 10.00. The molecule has 2 aromatic carbocycles. The fourth-order valence-corrected chi connectivity index (χ4v) is 5.56. The van der Waals surface area contributed by atoms with Crippen LogP contribution in [0, 0.1) is 17.8 Å². The third-order valence-corrected chi connectivity index (χ3v) is 7.34. The quantitative estimate of drug-likeness (QED) is 0.485. The molecule has 0 spiro atoms. The van der Waals surface area contributed by atoms with Gasteiger partial charge in [-0.3, -0.25) is 9.78 Å². The Kier molecular flexibility index (Phi) is 5.53. The van der Waals surface area contributed by atoms with Crippen LogP contribution in [0.25, 0.3) is 10.9 Å². The second-order valence-corrected chi connectivity index (χ2v) is 9.43. The number of nitrogens with zero attached hydrogens (tertiary/aromatic N) is 1. The lowest BCUT2D eigenvalue weighted by Gasteiger charge is -2.22. The molecule has 5 rings (SSSR count). The van der Waals surface area contributed by atoms with Crippen molar-refractivity contribution in [3.8, 4) is 5.75 Å². The number of ether oxygens (including phenoxy) is 1. The summed E-state index contributed by atoms with van der Waals surface area (Å²) in [5, 5.41) is 5.51. The highest BCUT2D eigenvalue weighted by Gasteiger charge is 2.59. The third-order valence-electron chi connectivity index (χ3n) is 6.76. The number of carbonyl (C=O) groups is 1. The van der Waals surface area contributed by atoms with Gasteiger partial charge in [0.05, 0.1) is 16.6 Å². The van der Waals surface area contributed by atoms with Gasteiger partial charge in [0.15, 0.2) is 0 Å². The van der Waals surface area contributed by atoms with Crippen molar-refractivity contribution < 1.29 is 9.53 Å². The van der Waals surface area contributed by atoms with E-state index in [1.165, 1.54) is 0 Å². The van der Waals surface area contributed by atoms with Crippen LogP contribution in [0.1, 0.15) is 36.5 Å². The number of hydrogen-bond acceptors (Lipinski definition) is 3. The predicted molar refractivity (Wildman–Crippen MR) is 124 cm³/mol. The summed E-state index contributed by atoms with van der Waals surface area (Å²) in [6, 6.07) is 14.9. The van der Waals surface area contributed by atoms with E-state index >= 15 is 0 Å². The minimum atomic E-state index is -0.0244. The van der Waals surface area contributed by atoms with Crippen LogP contribution in [-0.2, 0) is 0 Å².